The minimum absolute atomic E-state index is 0.0182. The van der Waals surface area contributed by atoms with Gasteiger partial charge in [0.1, 0.15) is 5.60 Å². The summed E-state index contributed by atoms with van der Waals surface area (Å²) in [6, 6.07) is 8.07. The Bertz CT molecular complexity index is 679. The molecule has 1 aromatic rings. The molecule has 0 saturated carbocycles. The highest BCUT2D eigenvalue weighted by atomic mass is 16.7. The van der Waals surface area contributed by atoms with Gasteiger partial charge in [0.25, 0.3) is 11.8 Å². The summed E-state index contributed by atoms with van der Waals surface area (Å²) in [5, 5.41) is 3.10. The van der Waals surface area contributed by atoms with Gasteiger partial charge in [0.05, 0.1) is 12.5 Å². The molecular formula is C18H22N2O6. The van der Waals surface area contributed by atoms with Crippen LogP contribution in [0.1, 0.15) is 51.6 Å². The van der Waals surface area contributed by atoms with Crippen molar-refractivity contribution in [2.45, 2.75) is 51.7 Å². The highest BCUT2D eigenvalue weighted by Crippen LogP contribution is 2.20. The molecule has 1 aliphatic rings. The average Bonchev–Trinajstić information content (AvgIpc) is 2.85. The largest absolute Gasteiger partial charge is 0.444 e. The smallest absolute Gasteiger partial charge is 0.408 e. The Morgan fingerprint density at radius 2 is 1.69 bits per heavy atom. The fraction of sp³-hybridized carbons (Fsp3) is 0.444. The van der Waals surface area contributed by atoms with Crippen LogP contribution in [-0.2, 0) is 24.0 Å². The molecule has 0 spiro atoms. The Labute approximate surface area is 151 Å². The molecule has 1 aliphatic heterocycles. The topological polar surface area (TPSA) is 102 Å². The molecule has 0 radical (unpaired) electrons. The first-order valence-electron chi connectivity index (χ1n) is 8.27. The Balaban J connectivity index is 2.06. The van der Waals surface area contributed by atoms with Crippen molar-refractivity contribution in [3.8, 4) is 0 Å². The van der Waals surface area contributed by atoms with Gasteiger partial charge in [-0.3, -0.25) is 9.59 Å². The number of hydrogen-bond acceptors (Lipinski definition) is 6. The standard InChI is InChI=1S/C18H22N2O6/c1-18(2,3)25-17(24)19-13(12-7-5-4-6-8-12)11-16(23)26-20-14(21)9-10-15(20)22/h4-8,13H,9-11H2,1-3H3,(H,19,24)/t13-/m1/s1. The molecule has 1 saturated heterocycles. The average molecular weight is 362 g/mol. The second-order valence-corrected chi connectivity index (χ2v) is 6.86. The summed E-state index contributed by atoms with van der Waals surface area (Å²) in [4.78, 5) is 52.2. The third kappa shape index (κ3) is 5.58. The van der Waals surface area contributed by atoms with Gasteiger partial charge >= 0.3 is 12.1 Å². The molecule has 1 aromatic carbocycles. The maximum atomic E-state index is 12.2. The molecule has 0 unspecified atom stereocenters. The Morgan fingerprint density at radius 3 is 2.23 bits per heavy atom. The lowest BCUT2D eigenvalue weighted by Gasteiger charge is -2.24. The first kappa shape index (κ1) is 19.4. The lowest BCUT2D eigenvalue weighted by Crippen LogP contribution is -2.37. The summed E-state index contributed by atoms with van der Waals surface area (Å²) in [7, 11) is 0. The number of carbonyl (C=O) groups is 4. The molecule has 140 valence electrons. The van der Waals surface area contributed by atoms with Gasteiger partial charge in [0, 0.05) is 12.8 Å². The van der Waals surface area contributed by atoms with E-state index in [1.807, 2.05) is 0 Å². The van der Waals surface area contributed by atoms with E-state index >= 15 is 0 Å². The molecule has 8 nitrogen and oxygen atoms in total. The number of hydrogen-bond donors (Lipinski definition) is 1. The minimum Gasteiger partial charge on any atom is -0.444 e. The second kappa shape index (κ2) is 7.99. The lowest BCUT2D eigenvalue weighted by molar-refractivity contribution is -0.197. The Morgan fingerprint density at radius 1 is 1.12 bits per heavy atom. The lowest BCUT2D eigenvalue weighted by atomic mass is 10.0. The van der Waals surface area contributed by atoms with Crippen molar-refractivity contribution in [1.82, 2.24) is 10.4 Å². The third-order valence-corrected chi connectivity index (χ3v) is 3.46. The van der Waals surface area contributed by atoms with Gasteiger partial charge < -0.3 is 14.9 Å². The summed E-state index contributed by atoms with van der Waals surface area (Å²) in [6.45, 7) is 5.18. The molecule has 1 fully saturated rings. The Kier molecular flexibility index (Phi) is 5.97. The number of ether oxygens (including phenoxy) is 1. The molecule has 26 heavy (non-hydrogen) atoms. The number of rotatable bonds is 5. The quantitative estimate of drug-likeness (QED) is 0.806. The van der Waals surface area contributed by atoms with E-state index < -0.39 is 35.5 Å². The van der Waals surface area contributed by atoms with Gasteiger partial charge in [0.15, 0.2) is 0 Å². The van der Waals surface area contributed by atoms with E-state index in [1.165, 1.54) is 0 Å². The zero-order valence-electron chi connectivity index (χ0n) is 15.0. The maximum Gasteiger partial charge on any atom is 0.408 e. The van der Waals surface area contributed by atoms with Crippen molar-refractivity contribution in [3.05, 3.63) is 35.9 Å². The number of amides is 3. The number of hydroxylamine groups is 2. The predicted octanol–water partition coefficient (Wildman–Crippen LogP) is 2.25. The molecule has 1 heterocycles. The number of benzene rings is 1. The highest BCUT2D eigenvalue weighted by molar-refractivity contribution is 6.01. The van der Waals surface area contributed by atoms with Crippen LogP contribution in [0.3, 0.4) is 0 Å². The highest BCUT2D eigenvalue weighted by Gasteiger charge is 2.33. The van der Waals surface area contributed by atoms with Crippen molar-refractivity contribution in [1.29, 1.82) is 0 Å². The van der Waals surface area contributed by atoms with Crippen LogP contribution in [0.15, 0.2) is 30.3 Å². The number of nitrogens with one attached hydrogen (secondary N) is 1. The first-order valence-corrected chi connectivity index (χ1v) is 8.27. The molecule has 2 rings (SSSR count). The molecular weight excluding hydrogens is 340 g/mol. The molecule has 1 N–H and O–H groups in total. The van der Waals surface area contributed by atoms with Crippen molar-refractivity contribution in [2.75, 3.05) is 0 Å². The van der Waals surface area contributed by atoms with Gasteiger partial charge in [-0.1, -0.05) is 30.3 Å². The summed E-state index contributed by atoms with van der Waals surface area (Å²) in [5.74, 6) is -1.92. The van der Waals surface area contributed by atoms with Crippen LogP contribution >= 0.6 is 0 Å². The maximum absolute atomic E-state index is 12.2. The zero-order valence-corrected chi connectivity index (χ0v) is 15.0. The van der Waals surface area contributed by atoms with E-state index in [4.69, 9.17) is 9.57 Å². The zero-order chi connectivity index (χ0) is 19.3. The number of alkyl carbamates (subject to hydrolysis) is 1. The molecule has 0 aliphatic carbocycles. The Hall–Kier alpha value is -2.90. The fourth-order valence-electron chi connectivity index (χ4n) is 2.35. The van der Waals surface area contributed by atoms with Crippen molar-refractivity contribution in [3.63, 3.8) is 0 Å². The third-order valence-electron chi connectivity index (χ3n) is 3.46. The SMILES string of the molecule is CC(C)(C)OC(=O)N[C@H](CC(=O)ON1C(=O)CCC1=O)c1ccccc1. The van der Waals surface area contributed by atoms with Crippen LogP contribution in [0.25, 0.3) is 0 Å². The van der Waals surface area contributed by atoms with E-state index in [1.54, 1.807) is 51.1 Å². The van der Waals surface area contributed by atoms with Gasteiger partial charge in [0.2, 0.25) is 0 Å². The molecule has 1 atom stereocenters. The van der Waals surface area contributed by atoms with Crippen LogP contribution in [0, 0.1) is 0 Å². The van der Waals surface area contributed by atoms with Crippen LogP contribution in [-0.4, -0.2) is 34.5 Å². The van der Waals surface area contributed by atoms with E-state index in [-0.39, 0.29) is 19.3 Å². The van der Waals surface area contributed by atoms with Crippen LogP contribution in [0.4, 0.5) is 4.79 Å². The second-order valence-electron chi connectivity index (χ2n) is 6.86. The number of imide groups is 1. The monoisotopic (exact) mass is 362 g/mol. The molecule has 0 bridgehead atoms. The van der Waals surface area contributed by atoms with E-state index in [0.717, 1.165) is 0 Å². The van der Waals surface area contributed by atoms with E-state index in [9.17, 15) is 19.2 Å². The normalized spacial score (nSPS) is 15.6. The predicted molar refractivity (Wildman–Crippen MR) is 90.3 cm³/mol. The van der Waals surface area contributed by atoms with Crippen LogP contribution in [0.2, 0.25) is 0 Å². The van der Waals surface area contributed by atoms with Crippen molar-refractivity contribution in [2.24, 2.45) is 0 Å². The summed E-state index contributed by atoms with van der Waals surface area (Å²) >= 11 is 0. The van der Waals surface area contributed by atoms with Gasteiger partial charge in [-0.15, -0.1) is 5.06 Å². The van der Waals surface area contributed by atoms with Gasteiger partial charge in [-0.2, -0.15) is 0 Å². The van der Waals surface area contributed by atoms with Crippen LogP contribution in [0.5, 0.6) is 0 Å². The molecule has 3 amide bonds. The van der Waals surface area contributed by atoms with Crippen molar-refractivity contribution >= 4 is 23.9 Å². The molecule has 8 heteroatoms. The summed E-state index contributed by atoms with van der Waals surface area (Å²) in [6.07, 6.45) is -0.915. The molecule has 0 aromatic heterocycles. The first-order chi connectivity index (χ1) is 12.2. The van der Waals surface area contributed by atoms with E-state index in [2.05, 4.69) is 5.32 Å². The van der Waals surface area contributed by atoms with Crippen molar-refractivity contribution < 1.29 is 28.8 Å². The van der Waals surface area contributed by atoms with E-state index in [0.29, 0.717) is 10.6 Å². The summed E-state index contributed by atoms with van der Waals surface area (Å²) < 4.78 is 5.22. The number of carbonyl (C=O) groups excluding carboxylic acids is 4. The number of nitrogens with zero attached hydrogens (tertiary/aromatic N) is 1. The minimum atomic E-state index is -0.807. The van der Waals surface area contributed by atoms with Gasteiger partial charge in [-0.25, -0.2) is 9.59 Å². The van der Waals surface area contributed by atoms with Crippen LogP contribution < -0.4 is 5.32 Å². The summed E-state index contributed by atoms with van der Waals surface area (Å²) in [5.41, 5.74) is -0.0328. The fourth-order valence-corrected chi connectivity index (χ4v) is 2.35. The van der Waals surface area contributed by atoms with Gasteiger partial charge in [-0.05, 0) is 26.3 Å².